The van der Waals surface area contributed by atoms with Crippen molar-refractivity contribution >= 4 is 11.6 Å². The topological polar surface area (TPSA) is 27.7 Å². The first-order valence-corrected chi connectivity index (χ1v) is 7.73. The summed E-state index contributed by atoms with van der Waals surface area (Å²) < 4.78 is 16.4. The van der Waals surface area contributed by atoms with E-state index in [1.807, 2.05) is 60.7 Å². The highest BCUT2D eigenvalue weighted by molar-refractivity contribution is 6.20. The molecule has 2 aromatic rings. The van der Waals surface area contributed by atoms with Crippen LogP contribution >= 0.6 is 11.6 Å². The van der Waals surface area contributed by atoms with E-state index in [1.165, 1.54) is 0 Å². The molecular formula is C18H21ClO3. The van der Waals surface area contributed by atoms with Gasteiger partial charge in [-0.2, -0.15) is 0 Å². The van der Waals surface area contributed by atoms with E-state index in [1.54, 1.807) is 0 Å². The molecule has 0 N–H and O–H groups in total. The number of benzene rings is 2. The van der Waals surface area contributed by atoms with Gasteiger partial charge in [0.05, 0.1) is 31.8 Å². The summed E-state index contributed by atoms with van der Waals surface area (Å²) in [7, 11) is 0. The van der Waals surface area contributed by atoms with Crippen LogP contribution in [0.2, 0.25) is 0 Å². The minimum Gasteiger partial charge on any atom is -0.375 e. The number of hydrogen-bond donors (Lipinski definition) is 0. The van der Waals surface area contributed by atoms with Gasteiger partial charge in [-0.3, -0.25) is 0 Å². The molecule has 4 heteroatoms. The van der Waals surface area contributed by atoms with Crippen LogP contribution in [0, 0.1) is 0 Å². The summed E-state index contributed by atoms with van der Waals surface area (Å²) in [6, 6.07) is 20.0. The van der Waals surface area contributed by atoms with E-state index in [4.69, 9.17) is 25.8 Å². The SMILES string of the molecule is ClC(COCOCc1ccccc1)COCc1ccccc1. The minimum absolute atomic E-state index is 0.177. The fourth-order valence-corrected chi connectivity index (χ4v) is 2.07. The maximum atomic E-state index is 6.14. The largest absolute Gasteiger partial charge is 0.375 e. The van der Waals surface area contributed by atoms with Gasteiger partial charge in [0.15, 0.2) is 0 Å². The summed E-state index contributed by atoms with van der Waals surface area (Å²) in [5.41, 5.74) is 2.26. The van der Waals surface area contributed by atoms with Crippen LogP contribution in [0.5, 0.6) is 0 Å². The van der Waals surface area contributed by atoms with Crippen molar-refractivity contribution in [1.82, 2.24) is 0 Å². The van der Waals surface area contributed by atoms with Crippen LogP contribution in [0.4, 0.5) is 0 Å². The Morgan fingerprint density at radius 2 is 1.18 bits per heavy atom. The molecule has 0 heterocycles. The number of halogens is 1. The maximum Gasteiger partial charge on any atom is 0.147 e. The predicted molar refractivity (Wildman–Crippen MR) is 87.8 cm³/mol. The van der Waals surface area contributed by atoms with Crippen molar-refractivity contribution < 1.29 is 14.2 Å². The van der Waals surface area contributed by atoms with E-state index in [0.29, 0.717) is 26.4 Å². The van der Waals surface area contributed by atoms with Crippen LogP contribution in [-0.4, -0.2) is 25.4 Å². The number of alkyl halides is 1. The second-order valence-electron chi connectivity index (χ2n) is 4.92. The summed E-state index contributed by atoms with van der Waals surface area (Å²) >= 11 is 6.14. The monoisotopic (exact) mass is 320 g/mol. The lowest BCUT2D eigenvalue weighted by Gasteiger charge is -2.11. The smallest absolute Gasteiger partial charge is 0.147 e. The van der Waals surface area contributed by atoms with Gasteiger partial charge in [0, 0.05) is 0 Å². The van der Waals surface area contributed by atoms with Crippen LogP contribution in [0.25, 0.3) is 0 Å². The Kier molecular flexibility index (Phi) is 7.99. The zero-order chi connectivity index (χ0) is 15.5. The molecule has 0 aliphatic rings. The first-order chi connectivity index (χ1) is 10.8. The van der Waals surface area contributed by atoms with Gasteiger partial charge in [-0.15, -0.1) is 11.6 Å². The molecule has 0 radical (unpaired) electrons. The van der Waals surface area contributed by atoms with E-state index < -0.39 is 0 Å². The molecule has 1 atom stereocenters. The third-order valence-corrected chi connectivity index (χ3v) is 3.24. The Balaban J connectivity index is 1.48. The average Bonchev–Trinajstić information content (AvgIpc) is 2.56. The lowest BCUT2D eigenvalue weighted by Crippen LogP contribution is -2.17. The second-order valence-corrected chi connectivity index (χ2v) is 5.54. The van der Waals surface area contributed by atoms with Gasteiger partial charge in [0.25, 0.3) is 0 Å². The molecule has 0 saturated carbocycles. The molecule has 0 fully saturated rings. The Hall–Kier alpha value is -1.39. The summed E-state index contributed by atoms with van der Waals surface area (Å²) in [5.74, 6) is 0. The van der Waals surface area contributed by atoms with E-state index in [2.05, 4.69) is 0 Å². The third-order valence-electron chi connectivity index (χ3n) is 2.99. The quantitative estimate of drug-likeness (QED) is 0.376. The van der Waals surface area contributed by atoms with Gasteiger partial charge in [-0.05, 0) is 11.1 Å². The lowest BCUT2D eigenvalue weighted by atomic mass is 10.2. The van der Waals surface area contributed by atoms with Crippen LogP contribution in [-0.2, 0) is 27.4 Å². The van der Waals surface area contributed by atoms with Crippen molar-refractivity contribution in [3.8, 4) is 0 Å². The Labute approximate surface area is 136 Å². The maximum absolute atomic E-state index is 6.14. The molecule has 1 unspecified atom stereocenters. The third kappa shape index (κ3) is 7.05. The van der Waals surface area contributed by atoms with Crippen molar-refractivity contribution in [1.29, 1.82) is 0 Å². The fraction of sp³-hybridized carbons (Fsp3) is 0.333. The van der Waals surface area contributed by atoms with Crippen LogP contribution in [0.1, 0.15) is 11.1 Å². The Morgan fingerprint density at radius 1 is 0.682 bits per heavy atom. The molecule has 0 bridgehead atoms. The van der Waals surface area contributed by atoms with Gasteiger partial charge in [0.1, 0.15) is 6.79 Å². The fourth-order valence-electron chi connectivity index (χ4n) is 1.90. The summed E-state index contributed by atoms with van der Waals surface area (Å²) in [4.78, 5) is 0. The highest BCUT2D eigenvalue weighted by atomic mass is 35.5. The average molecular weight is 321 g/mol. The molecule has 2 aromatic carbocycles. The van der Waals surface area contributed by atoms with Gasteiger partial charge in [0.2, 0.25) is 0 Å². The van der Waals surface area contributed by atoms with Crippen molar-refractivity contribution in [2.45, 2.75) is 18.6 Å². The van der Waals surface area contributed by atoms with Crippen LogP contribution < -0.4 is 0 Å². The van der Waals surface area contributed by atoms with Gasteiger partial charge < -0.3 is 14.2 Å². The van der Waals surface area contributed by atoms with E-state index >= 15 is 0 Å². The molecule has 118 valence electrons. The molecule has 0 aliphatic heterocycles. The Bertz CT molecular complexity index is 504. The second kappa shape index (κ2) is 10.4. The molecule has 0 aliphatic carbocycles. The van der Waals surface area contributed by atoms with Crippen LogP contribution in [0.3, 0.4) is 0 Å². The first-order valence-electron chi connectivity index (χ1n) is 7.30. The molecule has 0 aromatic heterocycles. The van der Waals surface area contributed by atoms with E-state index in [0.717, 1.165) is 11.1 Å². The molecule has 2 rings (SSSR count). The zero-order valence-corrected chi connectivity index (χ0v) is 13.2. The standard InChI is InChI=1S/C18H21ClO3/c19-18(13-20-11-16-7-3-1-4-8-16)14-22-15-21-12-17-9-5-2-6-10-17/h1-10,18H,11-15H2. The predicted octanol–water partition coefficient (Wildman–Crippen LogP) is 4.00. The van der Waals surface area contributed by atoms with Crippen molar-refractivity contribution in [2.75, 3.05) is 20.0 Å². The van der Waals surface area contributed by atoms with Crippen molar-refractivity contribution in [3.63, 3.8) is 0 Å². The van der Waals surface area contributed by atoms with Crippen molar-refractivity contribution in [3.05, 3.63) is 71.8 Å². The highest BCUT2D eigenvalue weighted by Crippen LogP contribution is 2.05. The molecule has 3 nitrogen and oxygen atoms in total. The molecule has 22 heavy (non-hydrogen) atoms. The molecule has 0 saturated heterocycles. The first kappa shape index (κ1) is 17.0. The van der Waals surface area contributed by atoms with Gasteiger partial charge in [-0.25, -0.2) is 0 Å². The van der Waals surface area contributed by atoms with E-state index in [9.17, 15) is 0 Å². The van der Waals surface area contributed by atoms with E-state index in [-0.39, 0.29) is 12.2 Å². The molecule has 0 amide bonds. The number of ether oxygens (including phenoxy) is 3. The minimum atomic E-state index is -0.177. The lowest BCUT2D eigenvalue weighted by molar-refractivity contribution is -0.0650. The molecular weight excluding hydrogens is 300 g/mol. The molecule has 0 spiro atoms. The highest BCUT2D eigenvalue weighted by Gasteiger charge is 2.05. The van der Waals surface area contributed by atoms with Crippen LogP contribution in [0.15, 0.2) is 60.7 Å². The van der Waals surface area contributed by atoms with Gasteiger partial charge in [-0.1, -0.05) is 60.7 Å². The van der Waals surface area contributed by atoms with Crippen molar-refractivity contribution in [2.24, 2.45) is 0 Å². The van der Waals surface area contributed by atoms with Gasteiger partial charge >= 0.3 is 0 Å². The number of rotatable bonds is 10. The summed E-state index contributed by atoms with van der Waals surface area (Å²) in [5, 5.41) is -0.177. The zero-order valence-electron chi connectivity index (χ0n) is 12.5. The number of hydrogen-bond acceptors (Lipinski definition) is 3. The summed E-state index contributed by atoms with van der Waals surface area (Å²) in [6.45, 7) is 2.20. The Morgan fingerprint density at radius 3 is 1.77 bits per heavy atom. The normalized spacial score (nSPS) is 12.2. The summed E-state index contributed by atoms with van der Waals surface area (Å²) in [6.07, 6.45) is 0.